The second kappa shape index (κ2) is 43.9. The standard InChI is InChI=1S/C29H25BrN6O7S.C26H19BrFN5O4.C24H18BrN5O5S.C20H15BrFN5O4/c1-35-24(28(38)31-22-9-8-19(30)16-21(22)26-33-29(39)43-34-26)15-17-4-3-7-23(25(17)35)32-27(37)18-5-2-6-20(14-18)44(40,41)36-10-12-42-13-11-36;1-33-21(25(35)30-19-10-7-16(27)13-18(19)24-31-26(36)37-32-24)12-15-3-2-4-20(23(15)33)29-22(34)11-14-5-8-17(28)9-6-14;25-16-9-10-18(17(12-16)22-28-24(32)35-29-22)27-23(31)20-11-15-7-4-8-19(21(15)26-20)30-36(33,34)13-14-5-2-1-3-6-14;1-27-16-11(3-2-4-13(16)24-14(28)8-22)15(17(27)18(23)29)10-6-5-9(21)7-12(10)19-25-20(30)31-26-19/h2-9,14-16H,10-13H2,1H3,(H,31,38)(H,32,37)(H,33,34,39);2-10,12-13H,11H2,1H3,(H,29,34)(H,30,35)(H,31,32,36);1-12,26,30H,13H2,(H,27,31)(H,28,29,32);2-7H,8H2,1H3,(H2,23,29)(H,24,28)(H,25,26,30). The molecule has 20 rings (SSSR count). The molecule has 7 amide bonds. The Bertz CT molecular complexity index is 8970. The van der Waals surface area contributed by atoms with E-state index in [0.717, 1.165) is 9.86 Å². The maximum Gasteiger partial charge on any atom is 0.439 e. The number of sulfonamides is 2. The lowest BCUT2D eigenvalue weighted by Crippen LogP contribution is -2.40. The Morgan fingerprint density at radius 1 is 0.419 bits per heavy atom. The number of nitrogens with one attached hydrogen (secondary N) is 12. The lowest BCUT2D eigenvalue weighted by atomic mass is 9.96. The van der Waals surface area contributed by atoms with Gasteiger partial charge in [-0.25, -0.2) is 44.8 Å². The fourth-order valence-corrected chi connectivity index (χ4v) is 20.5. The molecule has 8 aromatic heterocycles. The van der Waals surface area contributed by atoms with Gasteiger partial charge in [0.25, 0.3) is 35.4 Å². The zero-order valence-electron chi connectivity index (χ0n) is 76.9. The number of fused-ring (bicyclic) bond motifs is 4. The minimum atomic E-state index is -3.79. The second-order valence-electron chi connectivity index (χ2n) is 32.7. The van der Waals surface area contributed by atoms with E-state index in [1.54, 1.807) is 218 Å². The lowest BCUT2D eigenvalue weighted by molar-refractivity contribution is -0.117. The number of H-pyrrole nitrogens is 5. The van der Waals surface area contributed by atoms with Gasteiger partial charge in [0, 0.05) is 107 Å². The number of amides is 7. The van der Waals surface area contributed by atoms with Crippen molar-refractivity contribution < 1.29 is 82.0 Å². The minimum absolute atomic E-state index is 0.0186. The third kappa shape index (κ3) is 23.0. The van der Waals surface area contributed by atoms with Crippen LogP contribution in [-0.2, 0) is 67.7 Å². The molecular weight excluding hydrogens is 2220 g/mol. The maximum atomic E-state index is 13.5. The summed E-state index contributed by atoms with van der Waals surface area (Å²) in [7, 11) is -2.45. The van der Waals surface area contributed by atoms with Crippen molar-refractivity contribution in [2.75, 3.05) is 69.6 Å². The van der Waals surface area contributed by atoms with E-state index in [-0.39, 0.29) is 82.1 Å². The molecule has 148 heavy (non-hydrogen) atoms. The summed E-state index contributed by atoms with van der Waals surface area (Å²) in [5, 5.41) is 34.3. The van der Waals surface area contributed by atoms with Crippen LogP contribution in [0, 0.1) is 5.82 Å². The predicted molar refractivity (Wildman–Crippen MR) is 559 cm³/mol. The highest BCUT2D eigenvalue weighted by molar-refractivity contribution is 9.11. The van der Waals surface area contributed by atoms with Gasteiger partial charge in [-0.1, -0.05) is 187 Å². The Hall–Kier alpha value is -17.0. The van der Waals surface area contributed by atoms with E-state index in [1.807, 2.05) is 18.2 Å². The molecule has 0 aliphatic carbocycles. The molecule has 1 fully saturated rings. The number of rotatable bonds is 25. The third-order valence-corrected chi connectivity index (χ3v) is 28.1. The first-order valence-electron chi connectivity index (χ1n) is 44.0. The normalized spacial score (nSPS) is 12.0. The summed E-state index contributed by atoms with van der Waals surface area (Å²) in [5.41, 5.74) is 16.0. The van der Waals surface area contributed by atoms with Gasteiger partial charge in [-0.2, -0.15) is 4.31 Å². The van der Waals surface area contributed by atoms with Gasteiger partial charge in [-0.3, -0.25) is 76.3 Å². The second-order valence-corrected chi connectivity index (χ2v) is 40.1. The summed E-state index contributed by atoms with van der Waals surface area (Å²) in [6, 6.07) is 66.6. The van der Waals surface area contributed by atoms with E-state index in [4.69, 9.17) is 10.5 Å². The van der Waals surface area contributed by atoms with Crippen molar-refractivity contribution in [1.29, 1.82) is 0 Å². The number of aromatic nitrogens is 12. The Kier molecular flexibility index (Phi) is 30.4. The molecule has 1 aliphatic heterocycles. The van der Waals surface area contributed by atoms with Crippen LogP contribution in [0.15, 0.2) is 303 Å². The molecule has 11 aromatic carbocycles. The number of aromatic amines is 5. The highest BCUT2D eigenvalue weighted by Crippen LogP contribution is 2.44. The predicted octanol–water partition coefficient (Wildman–Crippen LogP) is 16.1. The van der Waals surface area contributed by atoms with Gasteiger partial charge in [-0.15, -0.1) is 0 Å². The summed E-state index contributed by atoms with van der Waals surface area (Å²) < 4.78 is 113. The average molecular weight is 2300 g/mol. The van der Waals surface area contributed by atoms with Gasteiger partial charge in [0.05, 0.1) is 92.2 Å². The maximum absolute atomic E-state index is 13.5. The van der Waals surface area contributed by atoms with E-state index in [0.29, 0.717) is 161 Å². The van der Waals surface area contributed by atoms with Crippen LogP contribution in [0.4, 0.5) is 48.6 Å². The van der Waals surface area contributed by atoms with Crippen LogP contribution in [0.1, 0.15) is 63.4 Å². The van der Waals surface area contributed by atoms with Gasteiger partial charge in [-0.05, 0) is 156 Å². The Morgan fingerprint density at radius 3 is 1.36 bits per heavy atom. The number of morpholine rings is 1. The number of nitrogens with two attached hydrogens (primary N) is 1. The number of hydrogen-bond acceptors (Lipinski definition) is 24. The molecule has 0 spiro atoms. The van der Waals surface area contributed by atoms with Crippen molar-refractivity contribution in [3.05, 3.63) is 348 Å². The lowest BCUT2D eigenvalue weighted by Gasteiger charge is -2.26. The molecule has 1 aliphatic rings. The number of para-hydroxylation sites is 4. The highest BCUT2D eigenvalue weighted by Gasteiger charge is 2.32. The molecular formula is C99H77Br4F2N21O20S2. The average Bonchev–Trinajstić information content (AvgIpc) is 1.58. The number of halogens is 6. The van der Waals surface area contributed by atoms with Crippen LogP contribution in [-0.4, -0.2) is 155 Å². The van der Waals surface area contributed by atoms with Crippen molar-refractivity contribution in [3.63, 3.8) is 0 Å². The summed E-state index contributed by atoms with van der Waals surface area (Å²) in [5.74, 6) is -6.45. The van der Waals surface area contributed by atoms with E-state index >= 15 is 0 Å². The molecule has 49 heteroatoms. The molecule has 0 saturated carbocycles. The van der Waals surface area contributed by atoms with Crippen LogP contribution in [0.2, 0.25) is 0 Å². The number of benzene rings is 11. The monoisotopic (exact) mass is 2300 g/mol. The fourth-order valence-electron chi connectivity index (χ4n) is 16.4. The third-order valence-electron chi connectivity index (χ3n) is 23.0. The summed E-state index contributed by atoms with van der Waals surface area (Å²) in [6.07, 6.45) is 0.0743. The van der Waals surface area contributed by atoms with Crippen molar-refractivity contribution in [1.82, 2.24) is 63.6 Å². The Morgan fingerprint density at radius 2 is 0.865 bits per heavy atom. The van der Waals surface area contributed by atoms with E-state index in [2.05, 4.69) is 164 Å². The van der Waals surface area contributed by atoms with Crippen molar-refractivity contribution in [2.45, 2.75) is 17.1 Å². The van der Waals surface area contributed by atoms with E-state index < -0.39 is 85.2 Å². The molecule has 41 nitrogen and oxygen atoms in total. The zero-order chi connectivity index (χ0) is 105. The van der Waals surface area contributed by atoms with Gasteiger partial charge < -0.3 is 61.1 Å². The first-order valence-corrected chi connectivity index (χ1v) is 50.3. The van der Waals surface area contributed by atoms with E-state index in [9.17, 15) is 78.4 Å². The van der Waals surface area contributed by atoms with Gasteiger partial charge in [0.15, 0.2) is 30.0 Å². The molecule has 0 atom stereocenters. The van der Waals surface area contributed by atoms with Gasteiger partial charge in [0.1, 0.15) is 28.6 Å². The topological polar surface area (TPSA) is 577 Å². The zero-order valence-corrected chi connectivity index (χ0v) is 84.9. The molecule has 1 saturated heterocycles. The number of carbonyl (C=O) groups excluding carboxylic acids is 7. The quantitative estimate of drug-likeness (QED) is 0.0253. The molecule has 9 heterocycles. The number of hydrogen-bond donors (Lipinski definition) is 13. The van der Waals surface area contributed by atoms with Crippen molar-refractivity contribution >= 4 is 209 Å². The Balaban J connectivity index is 0.000000136. The van der Waals surface area contributed by atoms with Crippen molar-refractivity contribution in [3.8, 4) is 56.7 Å². The summed E-state index contributed by atoms with van der Waals surface area (Å²) in [6.45, 7) is -0.0769. The smallest absolute Gasteiger partial charge is 0.379 e. The number of anilines is 7. The molecule has 14 N–H and O–H groups in total. The molecule has 19 aromatic rings. The van der Waals surface area contributed by atoms with Gasteiger partial charge >= 0.3 is 23.0 Å². The largest absolute Gasteiger partial charge is 0.439 e. The number of aryl methyl sites for hydroxylation is 3. The molecule has 0 unspecified atom stereocenters. The number of primary amides is 1. The van der Waals surface area contributed by atoms with Crippen LogP contribution in [0.25, 0.3) is 100 Å². The number of ether oxygens (including phenoxy) is 1. The number of carbonyl (C=O) groups is 7. The number of nitrogens with zero attached hydrogens (tertiary/aromatic N) is 8. The Labute approximate surface area is 866 Å². The molecule has 752 valence electrons. The molecule has 0 bridgehead atoms. The van der Waals surface area contributed by atoms with Crippen LogP contribution >= 0.6 is 63.7 Å². The SMILES string of the molecule is Cn1c(C(=O)Nc2ccc(Br)cc2-c2noc(=O)[nH]2)cc2cccc(NC(=O)Cc3ccc(F)cc3)c21.Cn1c(C(=O)Nc2ccc(Br)cc2-c2noc(=O)[nH]2)cc2cccc(NC(=O)c3cccc(S(=O)(=O)N4CCOCC4)c3)c21.Cn1c(C(N)=O)c(-c2ccc(Br)cc2-c2noc(=O)[nH]2)c2cccc(NC(=O)CF)c21.O=C(Nc1ccc(Br)cc1-c1noc(=O)[nH]1)c1cc2cccc(NS(=O)(=O)Cc3ccccc3)c2[nH]1. The molecule has 0 radical (unpaired) electrons. The van der Waals surface area contributed by atoms with Crippen LogP contribution < -0.4 is 65.4 Å². The first-order chi connectivity index (χ1) is 71.0. The fraction of sp³-hybridized carbons (Fsp3) is 0.101. The number of alkyl halides is 1. The van der Waals surface area contributed by atoms with Gasteiger partial charge in [0.2, 0.25) is 26.0 Å². The van der Waals surface area contributed by atoms with Crippen LogP contribution in [0.3, 0.4) is 0 Å². The van der Waals surface area contributed by atoms with Crippen LogP contribution in [0.5, 0.6) is 0 Å². The van der Waals surface area contributed by atoms with Crippen molar-refractivity contribution in [2.24, 2.45) is 26.9 Å². The van der Waals surface area contributed by atoms with E-state index in [1.165, 1.54) is 45.3 Å². The summed E-state index contributed by atoms with van der Waals surface area (Å²) >= 11 is 13.5. The highest BCUT2D eigenvalue weighted by atomic mass is 79.9. The first kappa shape index (κ1) is 102. The minimum Gasteiger partial charge on any atom is -0.379 e. The summed E-state index contributed by atoms with van der Waals surface area (Å²) in [4.78, 5) is 149.